The van der Waals surface area contributed by atoms with E-state index >= 15 is 0 Å². The Morgan fingerprint density at radius 1 is 1.06 bits per heavy atom. The van der Waals surface area contributed by atoms with Gasteiger partial charge in [0.2, 0.25) is 0 Å². The lowest BCUT2D eigenvalue weighted by molar-refractivity contribution is 0.491. The van der Waals surface area contributed by atoms with Gasteiger partial charge in [0, 0.05) is 29.8 Å². The molecule has 0 saturated heterocycles. The van der Waals surface area contributed by atoms with Gasteiger partial charge in [-0.2, -0.15) is 0 Å². The van der Waals surface area contributed by atoms with Crippen LogP contribution in [0.5, 0.6) is 0 Å². The highest BCUT2D eigenvalue weighted by molar-refractivity contribution is 5.34. The molecule has 1 saturated carbocycles. The summed E-state index contributed by atoms with van der Waals surface area (Å²) < 4.78 is 40.3. The number of nitrogens with zero attached hydrogens (tertiary/aromatic N) is 1. The summed E-state index contributed by atoms with van der Waals surface area (Å²) >= 11 is 0. The minimum absolute atomic E-state index is 0.285. The monoisotopic (exact) mass is 254 g/mol. The normalized spacial score (nSPS) is 15.1. The summed E-state index contributed by atoms with van der Waals surface area (Å²) in [5.74, 6) is -3.17. The molecule has 0 unspecified atom stereocenters. The molecule has 6 heteroatoms. The largest absolute Gasteiger partial charge is 0.295 e. The number of nitrogens with one attached hydrogen (secondary N) is 1. The van der Waals surface area contributed by atoms with Crippen LogP contribution in [-0.4, -0.2) is 9.78 Å². The van der Waals surface area contributed by atoms with Crippen LogP contribution in [0.25, 0.3) is 5.69 Å². The standard InChI is InChI=1S/C12H9F3N2O/c13-7-3-9(15)11(4-8(7)14)17-12(18)5-10(16-17)6-1-2-6/h3-6,16H,1-2H2. The topological polar surface area (TPSA) is 37.8 Å². The van der Waals surface area contributed by atoms with Crippen molar-refractivity contribution in [1.29, 1.82) is 0 Å². The highest BCUT2D eigenvalue weighted by atomic mass is 19.2. The third-order valence-electron chi connectivity index (χ3n) is 2.99. The third-order valence-corrected chi connectivity index (χ3v) is 2.99. The quantitative estimate of drug-likeness (QED) is 0.821. The number of aromatic amines is 1. The van der Waals surface area contributed by atoms with Gasteiger partial charge in [-0.25, -0.2) is 17.9 Å². The molecule has 1 N–H and O–H groups in total. The lowest BCUT2D eigenvalue weighted by Crippen LogP contribution is -2.15. The van der Waals surface area contributed by atoms with Gasteiger partial charge < -0.3 is 0 Å². The van der Waals surface area contributed by atoms with Crippen LogP contribution in [0.4, 0.5) is 13.2 Å². The van der Waals surface area contributed by atoms with Crippen LogP contribution in [0, 0.1) is 17.5 Å². The van der Waals surface area contributed by atoms with E-state index in [1.165, 1.54) is 6.07 Å². The predicted octanol–water partition coefficient (Wildman–Crippen LogP) is 2.46. The van der Waals surface area contributed by atoms with Crippen LogP contribution in [0.15, 0.2) is 23.0 Å². The Morgan fingerprint density at radius 3 is 2.39 bits per heavy atom. The fraction of sp³-hybridized carbons (Fsp3) is 0.250. The van der Waals surface area contributed by atoms with Gasteiger partial charge in [0.15, 0.2) is 17.5 Å². The number of rotatable bonds is 2. The average molecular weight is 254 g/mol. The zero-order valence-electron chi connectivity index (χ0n) is 9.21. The first-order chi connectivity index (χ1) is 8.56. The molecular weight excluding hydrogens is 245 g/mol. The Morgan fingerprint density at radius 2 is 1.72 bits per heavy atom. The molecule has 0 radical (unpaired) electrons. The van der Waals surface area contributed by atoms with Crippen LogP contribution < -0.4 is 5.56 Å². The molecule has 0 amide bonds. The first kappa shape index (κ1) is 11.1. The van der Waals surface area contributed by atoms with Crippen LogP contribution >= 0.6 is 0 Å². The lowest BCUT2D eigenvalue weighted by Gasteiger charge is -2.04. The minimum atomic E-state index is -1.28. The molecule has 3 rings (SSSR count). The molecule has 0 aliphatic heterocycles. The number of hydrogen-bond acceptors (Lipinski definition) is 1. The highest BCUT2D eigenvalue weighted by Gasteiger charge is 2.26. The molecule has 2 aromatic rings. The van der Waals surface area contributed by atoms with E-state index in [9.17, 15) is 18.0 Å². The highest BCUT2D eigenvalue weighted by Crippen LogP contribution is 2.38. The number of H-pyrrole nitrogens is 1. The van der Waals surface area contributed by atoms with Gasteiger partial charge in [-0.1, -0.05) is 0 Å². The number of halogens is 3. The third kappa shape index (κ3) is 1.73. The van der Waals surface area contributed by atoms with Crippen molar-refractivity contribution >= 4 is 0 Å². The van der Waals surface area contributed by atoms with E-state index in [1.807, 2.05) is 0 Å². The number of aromatic nitrogens is 2. The average Bonchev–Trinajstić information content (AvgIpc) is 3.08. The Hall–Kier alpha value is -1.98. The van der Waals surface area contributed by atoms with Gasteiger partial charge >= 0.3 is 0 Å². The van der Waals surface area contributed by atoms with E-state index in [-0.39, 0.29) is 11.6 Å². The van der Waals surface area contributed by atoms with E-state index < -0.39 is 23.0 Å². The van der Waals surface area contributed by atoms with E-state index in [0.717, 1.165) is 17.5 Å². The van der Waals surface area contributed by atoms with Crippen molar-refractivity contribution in [2.75, 3.05) is 0 Å². The van der Waals surface area contributed by atoms with E-state index in [1.54, 1.807) is 0 Å². The molecular formula is C12H9F3N2O. The molecule has 1 aliphatic rings. The predicted molar refractivity (Wildman–Crippen MR) is 58.2 cm³/mol. The molecule has 0 bridgehead atoms. The van der Waals surface area contributed by atoms with Crippen LogP contribution in [0.3, 0.4) is 0 Å². The van der Waals surface area contributed by atoms with Gasteiger partial charge in [-0.15, -0.1) is 0 Å². The lowest BCUT2D eigenvalue weighted by atomic mass is 10.3. The Balaban J connectivity index is 2.14. The first-order valence-electron chi connectivity index (χ1n) is 5.53. The van der Waals surface area contributed by atoms with Crippen LogP contribution in [0.1, 0.15) is 24.5 Å². The molecule has 1 aliphatic carbocycles. The van der Waals surface area contributed by atoms with Gasteiger partial charge in [-0.05, 0) is 12.8 Å². The summed E-state index contributed by atoms with van der Waals surface area (Å²) in [6.45, 7) is 0. The molecule has 0 atom stereocenters. The van der Waals surface area contributed by atoms with E-state index in [2.05, 4.69) is 5.10 Å². The maximum Gasteiger partial charge on any atom is 0.271 e. The molecule has 18 heavy (non-hydrogen) atoms. The smallest absolute Gasteiger partial charge is 0.271 e. The van der Waals surface area contributed by atoms with E-state index in [4.69, 9.17) is 0 Å². The Bertz CT molecular complexity index is 670. The van der Waals surface area contributed by atoms with Crippen molar-refractivity contribution in [1.82, 2.24) is 9.78 Å². The molecule has 1 fully saturated rings. The second-order valence-electron chi connectivity index (χ2n) is 4.38. The summed E-state index contributed by atoms with van der Waals surface area (Å²) in [4.78, 5) is 11.7. The van der Waals surface area contributed by atoms with Gasteiger partial charge in [0.1, 0.15) is 5.69 Å². The molecule has 1 aromatic carbocycles. The zero-order valence-corrected chi connectivity index (χ0v) is 9.21. The van der Waals surface area contributed by atoms with Gasteiger partial charge in [-0.3, -0.25) is 9.89 Å². The first-order valence-corrected chi connectivity index (χ1v) is 5.53. The Kier molecular flexibility index (Phi) is 2.33. The molecule has 0 spiro atoms. The number of benzene rings is 1. The van der Waals surface area contributed by atoms with Gasteiger partial charge in [0.05, 0.1) is 0 Å². The van der Waals surface area contributed by atoms with Crippen molar-refractivity contribution in [2.45, 2.75) is 18.8 Å². The van der Waals surface area contributed by atoms with Crippen molar-refractivity contribution in [3.8, 4) is 5.69 Å². The summed E-state index contributed by atoms with van der Waals surface area (Å²) in [7, 11) is 0. The maximum atomic E-state index is 13.5. The summed E-state index contributed by atoms with van der Waals surface area (Å²) in [5.41, 5.74) is -0.100. The fourth-order valence-corrected chi connectivity index (χ4v) is 1.88. The summed E-state index contributed by atoms with van der Waals surface area (Å²) in [6, 6.07) is 2.45. The molecule has 1 heterocycles. The fourth-order valence-electron chi connectivity index (χ4n) is 1.88. The van der Waals surface area contributed by atoms with E-state index in [0.29, 0.717) is 17.8 Å². The van der Waals surface area contributed by atoms with Gasteiger partial charge in [0.25, 0.3) is 5.56 Å². The molecule has 3 nitrogen and oxygen atoms in total. The molecule has 1 aromatic heterocycles. The second kappa shape index (κ2) is 3.76. The van der Waals surface area contributed by atoms with Crippen molar-refractivity contribution in [3.05, 3.63) is 51.7 Å². The summed E-state index contributed by atoms with van der Waals surface area (Å²) in [5, 5.41) is 2.72. The van der Waals surface area contributed by atoms with Crippen molar-refractivity contribution in [3.63, 3.8) is 0 Å². The number of hydrogen-bond donors (Lipinski definition) is 1. The van der Waals surface area contributed by atoms with Crippen LogP contribution in [0.2, 0.25) is 0 Å². The van der Waals surface area contributed by atoms with Crippen molar-refractivity contribution in [2.24, 2.45) is 0 Å². The minimum Gasteiger partial charge on any atom is -0.295 e. The maximum absolute atomic E-state index is 13.5. The molecule has 94 valence electrons. The SMILES string of the molecule is O=c1cc(C2CC2)[nH]n1-c1cc(F)c(F)cc1F. The van der Waals surface area contributed by atoms with Crippen LogP contribution in [-0.2, 0) is 0 Å². The zero-order chi connectivity index (χ0) is 12.9. The Labute approximate surface area is 99.8 Å². The second-order valence-corrected chi connectivity index (χ2v) is 4.38. The van der Waals surface area contributed by atoms with Crippen molar-refractivity contribution < 1.29 is 13.2 Å². The summed E-state index contributed by atoms with van der Waals surface area (Å²) in [6.07, 6.45) is 1.94.